The SMILES string of the molecule is CC(C)[C@H](C)SC(=O)OCCO. The third kappa shape index (κ3) is 5.43. The van der Waals surface area contributed by atoms with E-state index in [-0.39, 0.29) is 23.8 Å². The van der Waals surface area contributed by atoms with Gasteiger partial charge in [0.15, 0.2) is 0 Å². The molecule has 0 aliphatic rings. The fourth-order valence-corrected chi connectivity index (χ4v) is 1.18. The van der Waals surface area contributed by atoms with Gasteiger partial charge in [-0.2, -0.15) is 0 Å². The summed E-state index contributed by atoms with van der Waals surface area (Å²) in [6.45, 7) is 6.07. The number of ether oxygens (including phenoxy) is 1. The molecule has 0 unspecified atom stereocenters. The second kappa shape index (κ2) is 6.31. The van der Waals surface area contributed by atoms with Gasteiger partial charge in [0.2, 0.25) is 0 Å². The maximum absolute atomic E-state index is 10.9. The molecule has 4 heteroatoms. The highest BCUT2D eigenvalue weighted by molar-refractivity contribution is 8.13. The molecule has 72 valence electrons. The molecule has 0 radical (unpaired) electrons. The van der Waals surface area contributed by atoms with Crippen LogP contribution in [0.4, 0.5) is 4.79 Å². The van der Waals surface area contributed by atoms with Crippen molar-refractivity contribution in [2.45, 2.75) is 26.0 Å². The van der Waals surface area contributed by atoms with E-state index in [1.54, 1.807) is 0 Å². The topological polar surface area (TPSA) is 46.5 Å². The van der Waals surface area contributed by atoms with E-state index in [0.29, 0.717) is 5.92 Å². The predicted octanol–water partition coefficient (Wildman–Crippen LogP) is 1.89. The Balaban J connectivity index is 3.54. The molecule has 0 spiro atoms. The van der Waals surface area contributed by atoms with Crippen molar-refractivity contribution < 1.29 is 14.6 Å². The molecule has 0 amide bonds. The van der Waals surface area contributed by atoms with Crippen molar-refractivity contribution in [2.75, 3.05) is 13.2 Å². The first-order valence-electron chi connectivity index (χ1n) is 4.02. The first-order chi connectivity index (χ1) is 5.57. The van der Waals surface area contributed by atoms with Crippen molar-refractivity contribution in [1.82, 2.24) is 0 Å². The zero-order valence-electron chi connectivity index (χ0n) is 7.74. The Morgan fingerprint density at radius 2 is 2.08 bits per heavy atom. The zero-order chi connectivity index (χ0) is 9.56. The highest BCUT2D eigenvalue weighted by Crippen LogP contribution is 2.20. The molecule has 0 bridgehead atoms. The number of thioether (sulfide) groups is 1. The molecule has 0 saturated carbocycles. The lowest BCUT2D eigenvalue weighted by Gasteiger charge is -2.12. The van der Waals surface area contributed by atoms with E-state index in [0.717, 1.165) is 0 Å². The second-order valence-electron chi connectivity index (χ2n) is 2.89. The molecule has 1 atom stereocenters. The molecular formula is C8H16O3S. The maximum Gasteiger partial charge on any atom is 0.367 e. The smallest absolute Gasteiger partial charge is 0.367 e. The van der Waals surface area contributed by atoms with Gasteiger partial charge in [-0.1, -0.05) is 20.8 Å². The molecule has 0 heterocycles. The molecule has 12 heavy (non-hydrogen) atoms. The van der Waals surface area contributed by atoms with Gasteiger partial charge in [-0.25, -0.2) is 4.79 Å². The molecule has 0 fully saturated rings. The van der Waals surface area contributed by atoms with E-state index >= 15 is 0 Å². The number of aliphatic hydroxyl groups is 1. The van der Waals surface area contributed by atoms with Gasteiger partial charge >= 0.3 is 5.30 Å². The summed E-state index contributed by atoms with van der Waals surface area (Å²) < 4.78 is 4.69. The van der Waals surface area contributed by atoms with Crippen molar-refractivity contribution in [1.29, 1.82) is 0 Å². The molecular weight excluding hydrogens is 176 g/mol. The van der Waals surface area contributed by atoms with Gasteiger partial charge in [0, 0.05) is 5.25 Å². The molecule has 0 aliphatic heterocycles. The number of rotatable bonds is 4. The van der Waals surface area contributed by atoms with Gasteiger partial charge in [0.1, 0.15) is 6.61 Å². The van der Waals surface area contributed by atoms with Gasteiger partial charge in [-0.15, -0.1) is 0 Å². The highest BCUT2D eigenvalue weighted by atomic mass is 32.2. The van der Waals surface area contributed by atoms with Crippen LogP contribution in [0.25, 0.3) is 0 Å². The number of carbonyl (C=O) groups excluding carboxylic acids is 1. The summed E-state index contributed by atoms with van der Waals surface area (Å²) >= 11 is 1.18. The summed E-state index contributed by atoms with van der Waals surface area (Å²) in [5, 5.41) is 8.33. The number of hydrogen-bond acceptors (Lipinski definition) is 4. The van der Waals surface area contributed by atoms with E-state index < -0.39 is 0 Å². The van der Waals surface area contributed by atoms with Gasteiger partial charge in [0.05, 0.1) is 6.61 Å². The molecule has 3 nitrogen and oxygen atoms in total. The van der Waals surface area contributed by atoms with Gasteiger partial charge in [-0.05, 0) is 17.7 Å². The first kappa shape index (κ1) is 11.8. The maximum atomic E-state index is 10.9. The van der Waals surface area contributed by atoms with Crippen LogP contribution in [0.1, 0.15) is 20.8 Å². The average Bonchev–Trinajstić information content (AvgIpc) is 2.00. The van der Waals surface area contributed by atoms with Crippen LogP contribution in [0.3, 0.4) is 0 Å². The lowest BCUT2D eigenvalue weighted by Crippen LogP contribution is -2.11. The Morgan fingerprint density at radius 3 is 2.50 bits per heavy atom. The van der Waals surface area contributed by atoms with Crippen molar-refractivity contribution >= 4 is 17.1 Å². The molecule has 0 aromatic carbocycles. The van der Waals surface area contributed by atoms with E-state index in [4.69, 9.17) is 5.11 Å². The van der Waals surface area contributed by atoms with Crippen LogP contribution in [-0.4, -0.2) is 28.9 Å². The molecule has 0 rings (SSSR count). The van der Waals surface area contributed by atoms with Crippen molar-refractivity contribution in [3.8, 4) is 0 Å². The van der Waals surface area contributed by atoms with E-state index in [1.807, 2.05) is 6.92 Å². The molecule has 0 aromatic heterocycles. The summed E-state index contributed by atoms with van der Waals surface area (Å²) in [5.41, 5.74) is 0. The van der Waals surface area contributed by atoms with E-state index in [1.165, 1.54) is 11.8 Å². The van der Waals surface area contributed by atoms with Crippen LogP contribution in [0.5, 0.6) is 0 Å². The fraction of sp³-hybridized carbons (Fsp3) is 0.875. The Kier molecular flexibility index (Phi) is 6.20. The molecule has 0 aromatic rings. The number of hydrogen-bond donors (Lipinski definition) is 1. The van der Waals surface area contributed by atoms with Crippen molar-refractivity contribution in [2.24, 2.45) is 5.92 Å². The predicted molar refractivity (Wildman–Crippen MR) is 50.3 cm³/mol. The minimum atomic E-state index is -0.301. The van der Waals surface area contributed by atoms with Crippen LogP contribution >= 0.6 is 11.8 Å². The standard InChI is InChI=1S/C8H16O3S/c1-6(2)7(3)12-8(10)11-5-4-9/h6-7,9H,4-5H2,1-3H3/t7-/m0/s1. The first-order valence-corrected chi connectivity index (χ1v) is 4.90. The monoisotopic (exact) mass is 192 g/mol. The van der Waals surface area contributed by atoms with Crippen LogP contribution in [0.2, 0.25) is 0 Å². The average molecular weight is 192 g/mol. The Labute approximate surface area is 77.5 Å². The Bertz CT molecular complexity index is 136. The lowest BCUT2D eigenvalue weighted by atomic mass is 10.2. The third-order valence-corrected chi connectivity index (χ3v) is 2.76. The second-order valence-corrected chi connectivity index (χ2v) is 4.20. The lowest BCUT2D eigenvalue weighted by molar-refractivity contribution is 0.141. The summed E-state index contributed by atoms with van der Waals surface area (Å²) in [6, 6.07) is 0. The zero-order valence-corrected chi connectivity index (χ0v) is 8.56. The molecule has 0 aliphatic carbocycles. The number of aliphatic hydroxyl groups excluding tert-OH is 1. The fourth-order valence-electron chi connectivity index (χ4n) is 0.451. The third-order valence-electron chi connectivity index (χ3n) is 1.53. The van der Waals surface area contributed by atoms with Crippen LogP contribution in [0, 0.1) is 5.92 Å². The van der Waals surface area contributed by atoms with Crippen molar-refractivity contribution in [3.05, 3.63) is 0 Å². The van der Waals surface area contributed by atoms with Gasteiger partial charge in [0.25, 0.3) is 0 Å². The van der Waals surface area contributed by atoms with E-state index in [2.05, 4.69) is 18.6 Å². The van der Waals surface area contributed by atoms with Crippen molar-refractivity contribution in [3.63, 3.8) is 0 Å². The quantitative estimate of drug-likeness (QED) is 0.691. The minimum absolute atomic E-state index is 0.0939. The van der Waals surface area contributed by atoms with Gasteiger partial charge < -0.3 is 9.84 Å². The van der Waals surface area contributed by atoms with Gasteiger partial charge in [-0.3, -0.25) is 0 Å². The summed E-state index contributed by atoms with van der Waals surface area (Å²) in [7, 11) is 0. The Hall–Kier alpha value is -0.220. The van der Waals surface area contributed by atoms with E-state index in [9.17, 15) is 4.79 Å². The molecule has 1 N–H and O–H groups in total. The van der Waals surface area contributed by atoms with Crippen LogP contribution in [-0.2, 0) is 4.74 Å². The largest absolute Gasteiger partial charge is 0.455 e. The minimum Gasteiger partial charge on any atom is -0.455 e. The summed E-state index contributed by atoms with van der Waals surface area (Å²) in [5.74, 6) is 0.455. The number of carbonyl (C=O) groups is 1. The summed E-state index contributed by atoms with van der Waals surface area (Å²) in [6.07, 6.45) is 0. The van der Waals surface area contributed by atoms with Crippen LogP contribution in [0.15, 0.2) is 0 Å². The van der Waals surface area contributed by atoms with Crippen LogP contribution < -0.4 is 0 Å². The molecule has 0 saturated heterocycles. The normalized spacial score (nSPS) is 13.1. The Morgan fingerprint density at radius 1 is 1.50 bits per heavy atom. The summed E-state index contributed by atoms with van der Waals surface area (Å²) in [4.78, 5) is 10.9. The highest BCUT2D eigenvalue weighted by Gasteiger charge is 2.13.